The first-order chi connectivity index (χ1) is 24.2. The summed E-state index contributed by atoms with van der Waals surface area (Å²) in [5.74, 6) is 3.43. The summed E-state index contributed by atoms with van der Waals surface area (Å²) >= 11 is 0. The Labute approximate surface area is 291 Å². The van der Waals surface area contributed by atoms with Gasteiger partial charge in [-0.15, -0.1) is 0 Å². The molecule has 3 aliphatic heterocycles. The molecule has 260 valence electrons. The molecule has 3 atom stereocenters. The molecule has 1 N–H and O–H groups in total. The summed E-state index contributed by atoms with van der Waals surface area (Å²) in [6, 6.07) is 19.7. The van der Waals surface area contributed by atoms with Crippen molar-refractivity contribution < 1.29 is 47.9 Å². The van der Waals surface area contributed by atoms with E-state index >= 15 is 0 Å². The van der Waals surface area contributed by atoms with Crippen molar-refractivity contribution in [3.05, 3.63) is 101 Å². The van der Waals surface area contributed by atoms with Crippen LogP contribution in [0.15, 0.2) is 72.8 Å². The number of rotatable bonds is 8. The zero-order chi connectivity index (χ0) is 35.5. The maximum Gasteiger partial charge on any atom is 0.193 e. The van der Waals surface area contributed by atoms with Crippen molar-refractivity contribution in [2.75, 3.05) is 35.0 Å². The van der Waals surface area contributed by atoms with Crippen molar-refractivity contribution in [2.45, 2.75) is 38.4 Å². The summed E-state index contributed by atoms with van der Waals surface area (Å²) < 4.78 is 39.3. The minimum absolute atomic E-state index is 0.0452. The molecule has 0 fully saturated rings. The lowest BCUT2D eigenvalue weighted by atomic mass is 9.81. The number of aromatic hydroxyl groups is 1. The van der Waals surface area contributed by atoms with Gasteiger partial charge in [0.15, 0.2) is 23.1 Å². The lowest BCUT2D eigenvalue weighted by Gasteiger charge is -2.37. The number of hydrogen-bond donors (Lipinski definition) is 1. The van der Waals surface area contributed by atoms with E-state index in [0.717, 1.165) is 28.9 Å². The van der Waals surface area contributed by atoms with Gasteiger partial charge in [-0.2, -0.15) is 0 Å². The maximum absolute atomic E-state index is 13.5. The van der Waals surface area contributed by atoms with Crippen LogP contribution in [0.4, 0.5) is 0 Å². The van der Waals surface area contributed by atoms with Crippen LogP contribution in [0.25, 0.3) is 6.08 Å². The monoisotopic (exact) mass is 680 g/mol. The number of fused-ring (bicyclic) bond motifs is 6. The van der Waals surface area contributed by atoms with Gasteiger partial charge in [-0.3, -0.25) is 9.59 Å². The van der Waals surface area contributed by atoms with Crippen LogP contribution < -0.4 is 33.2 Å². The highest BCUT2D eigenvalue weighted by atomic mass is 16.5. The second kappa shape index (κ2) is 14.5. The SMILES string of the molecule is COc1cc(O)c(C(=O)C=Cc2ccccc2)c(OC)c1.COc1cc2c(cc1OC)C1C(=O)c3ccc4c(c3OC1CO2)CC(C(C)C)O4. The number of hydrogen-bond acceptors (Lipinski definition) is 10. The third kappa shape index (κ3) is 6.53. The Balaban J connectivity index is 0.000000183. The number of ether oxygens (including phenoxy) is 7. The van der Waals surface area contributed by atoms with Gasteiger partial charge in [-0.25, -0.2) is 0 Å². The molecule has 10 heteroatoms. The van der Waals surface area contributed by atoms with Crippen LogP contribution in [-0.2, 0) is 6.42 Å². The third-order valence-corrected chi connectivity index (χ3v) is 9.07. The lowest BCUT2D eigenvalue weighted by molar-refractivity contribution is 0.0554. The summed E-state index contributed by atoms with van der Waals surface area (Å²) in [5.41, 5.74) is 3.39. The number of Topliss-reactive ketones (excluding diaryl/α,β-unsaturated/α-hetero) is 1. The van der Waals surface area contributed by atoms with E-state index in [4.69, 9.17) is 33.2 Å². The highest BCUT2D eigenvalue weighted by Gasteiger charge is 2.45. The molecule has 0 bridgehead atoms. The molecule has 10 nitrogen and oxygen atoms in total. The van der Waals surface area contributed by atoms with Gasteiger partial charge in [-0.05, 0) is 35.8 Å². The van der Waals surface area contributed by atoms with Crippen molar-refractivity contribution in [1.82, 2.24) is 0 Å². The van der Waals surface area contributed by atoms with E-state index in [1.54, 1.807) is 32.4 Å². The molecule has 0 spiro atoms. The van der Waals surface area contributed by atoms with Gasteiger partial charge in [-0.1, -0.05) is 50.3 Å². The largest absolute Gasteiger partial charge is 0.507 e. The number of ketones is 2. The van der Waals surface area contributed by atoms with E-state index in [2.05, 4.69) is 13.8 Å². The number of methoxy groups -OCH3 is 4. The van der Waals surface area contributed by atoms with E-state index in [-0.39, 0.29) is 40.8 Å². The van der Waals surface area contributed by atoms with E-state index in [0.29, 0.717) is 46.8 Å². The van der Waals surface area contributed by atoms with Crippen LogP contribution in [0.1, 0.15) is 57.2 Å². The van der Waals surface area contributed by atoms with E-state index in [1.807, 2.05) is 48.5 Å². The predicted molar refractivity (Wildman–Crippen MR) is 187 cm³/mol. The Morgan fingerprint density at radius 3 is 2.26 bits per heavy atom. The minimum Gasteiger partial charge on any atom is -0.507 e. The first kappa shape index (κ1) is 34.2. The fraction of sp³-hybridized carbons (Fsp3) is 0.300. The van der Waals surface area contributed by atoms with Crippen LogP contribution in [-0.4, -0.2) is 63.9 Å². The average Bonchev–Trinajstić information content (AvgIpc) is 3.59. The Bertz CT molecular complexity index is 1930. The quantitative estimate of drug-likeness (QED) is 0.153. The van der Waals surface area contributed by atoms with E-state index in [1.165, 1.54) is 26.4 Å². The summed E-state index contributed by atoms with van der Waals surface area (Å²) in [5, 5.41) is 9.99. The molecule has 3 heterocycles. The third-order valence-electron chi connectivity index (χ3n) is 9.07. The van der Waals surface area contributed by atoms with Gasteiger partial charge in [0.25, 0.3) is 0 Å². The van der Waals surface area contributed by atoms with Gasteiger partial charge in [0.1, 0.15) is 58.9 Å². The number of allylic oxidation sites excluding steroid dienone is 1. The molecule has 0 amide bonds. The molecule has 3 aliphatic rings. The molecule has 0 aliphatic carbocycles. The molecule has 50 heavy (non-hydrogen) atoms. The van der Waals surface area contributed by atoms with Crippen LogP contribution >= 0.6 is 0 Å². The standard InChI is InChI=1S/C23H24O6.C17H16O4/c1-11(2)16-8-14-15(28-16)6-5-12-22(24)21-13-7-18(25-3)19(26-4)9-17(13)27-10-20(21)29-23(12)14;1-20-13-10-15(19)17(16(11-13)21-2)14(18)9-8-12-6-4-3-5-7-12/h5-7,9,11,16,20-21H,8,10H2,1-4H3;3-11,19H,1-2H3. The summed E-state index contributed by atoms with van der Waals surface area (Å²) in [7, 11) is 6.07. The van der Waals surface area contributed by atoms with Gasteiger partial charge >= 0.3 is 0 Å². The summed E-state index contributed by atoms with van der Waals surface area (Å²) in [6.45, 7) is 4.58. The van der Waals surface area contributed by atoms with Crippen molar-refractivity contribution in [1.29, 1.82) is 0 Å². The fourth-order valence-electron chi connectivity index (χ4n) is 6.39. The van der Waals surface area contributed by atoms with Crippen LogP contribution in [0.5, 0.6) is 46.0 Å². The number of phenols is 1. The molecule has 0 aromatic heterocycles. The Kier molecular flexibility index (Phi) is 9.90. The highest BCUT2D eigenvalue weighted by molar-refractivity contribution is 6.10. The Morgan fingerprint density at radius 1 is 0.860 bits per heavy atom. The molecule has 7 rings (SSSR count). The number of carbonyl (C=O) groups is 2. The predicted octanol–water partition coefficient (Wildman–Crippen LogP) is 7.09. The van der Waals surface area contributed by atoms with E-state index < -0.39 is 5.92 Å². The van der Waals surface area contributed by atoms with Gasteiger partial charge in [0.2, 0.25) is 0 Å². The molecular weight excluding hydrogens is 640 g/mol. The molecule has 0 saturated heterocycles. The molecule has 4 aromatic rings. The maximum atomic E-state index is 13.5. The lowest BCUT2D eigenvalue weighted by Crippen LogP contribution is -2.43. The van der Waals surface area contributed by atoms with Crippen molar-refractivity contribution in [3.63, 3.8) is 0 Å². The minimum atomic E-state index is -0.438. The van der Waals surface area contributed by atoms with Gasteiger partial charge < -0.3 is 38.3 Å². The van der Waals surface area contributed by atoms with E-state index in [9.17, 15) is 14.7 Å². The molecular formula is C40H40O10. The first-order valence-electron chi connectivity index (χ1n) is 16.3. The molecule has 0 saturated carbocycles. The number of carbonyl (C=O) groups excluding carboxylic acids is 2. The van der Waals surface area contributed by atoms with Crippen molar-refractivity contribution >= 4 is 17.6 Å². The molecule has 3 unspecified atom stereocenters. The second-order valence-electron chi connectivity index (χ2n) is 12.4. The highest BCUT2D eigenvalue weighted by Crippen LogP contribution is 2.50. The normalized spacial score (nSPS) is 18.2. The fourth-order valence-corrected chi connectivity index (χ4v) is 6.39. The van der Waals surface area contributed by atoms with Crippen LogP contribution in [0.3, 0.4) is 0 Å². The Morgan fingerprint density at radius 2 is 1.58 bits per heavy atom. The second-order valence-corrected chi connectivity index (χ2v) is 12.4. The van der Waals surface area contributed by atoms with Gasteiger partial charge in [0, 0.05) is 35.7 Å². The zero-order valence-corrected chi connectivity index (χ0v) is 28.9. The van der Waals surface area contributed by atoms with Crippen molar-refractivity contribution in [3.8, 4) is 46.0 Å². The zero-order valence-electron chi connectivity index (χ0n) is 28.9. The number of phenolic OH excluding ortho intramolecular Hbond substituents is 1. The van der Waals surface area contributed by atoms with Crippen LogP contribution in [0.2, 0.25) is 0 Å². The molecule has 4 aromatic carbocycles. The van der Waals surface area contributed by atoms with Crippen LogP contribution in [0, 0.1) is 5.92 Å². The average molecular weight is 681 g/mol. The molecule has 0 radical (unpaired) electrons. The Hall–Kier alpha value is -5.64. The number of benzene rings is 4. The summed E-state index contributed by atoms with van der Waals surface area (Å²) in [4.78, 5) is 25.8. The first-order valence-corrected chi connectivity index (χ1v) is 16.3. The summed E-state index contributed by atoms with van der Waals surface area (Å²) in [6.07, 6.45) is 3.56. The van der Waals surface area contributed by atoms with Crippen molar-refractivity contribution in [2.24, 2.45) is 5.92 Å². The topological polar surface area (TPSA) is 119 Å². The van der Waals surface area contributed by atoms with Gasteiger partial charge in [0.05, 0.1) is 39.9 Å². The smallest absolute Gasteiger partial charge is 0.193 e.